The van der Waals surface area contributed by atoms with Crippen molar-refractivity contribution in [2.24, 2.45) is 0 Å². The van der Waals surface area contributed by atoms with Crippen molar-refractivity contribution in [3.8, 4) is 11.5 Å². The Balaban J connectivity index is 1.87. The molecule has 0 radical (unpaired) electrons. The zero-order chi connectivity index (χ0) is 23.4. The van der Waals surface area contributed by atoms with Crippen molar-refractivity contribution >= 4 is 26.7 Å². The van der Waals surface area contributed by atoms with E-state index in [9.17, 15) is 13.2 Å². The molecule has 1 unspecified atom stereocenters. The summed E-state index contributed by atoms with van der Waals surface area (Å²) in [5, 5.41) is 0.446. The zero-order valence-electron chi connectivity index (χ0n) is 18.2. The highest BCUT2D eigenvalue weighted by molar-refractivity contribution is 7.91. The van der Waals surface area contributed by atoms with Gasteiger partial charge in [0.25, 0.3) is 0 Å². The first-order valence-corrected chi connectivity index (χ1v) is 11.7. The van der Waals surface area contributed by atoms with Crippen molar-refractivity contribution in [1.82, 2.24) is 4.98 Å². The van der Waals surface area contributed by atoms with Crippen LogP contribution in [-0.2, 0) is 20.2 Å². The second-order valence-electron chi connectivity index (χ2n) is 7.86. The lowest BCUT2D eigenvalue weighted by Gasteiger charge is -2.24. The molecule has 8 heteroatoms. The fourth-order valence-electron chi connectivity index (χ4n) is 4.39. The minimum atomic E-state index is -4.00. The Morgan fingerprint density at radius 3 is 2.39 bits per heavy atom. The minimum absolute atomic E-state index is 0.0357. The number of ether oxygens (including phenoxy) is 3. The summed E-state index contributed by atoms with van der Waals surface area (Å²) < 4.78 is 44.4. The minimum Gasteiger partial charge on any atom is -0.497 e. The Morgan fingerprint density at radius 2 is 1.70 bits per heavy atom. The van der Waals surface area contributed by atoms with E-state index in [0.717, 1.165) is 0 Å². The van der Waals surface area contributed by atoms with Crippen LogP contribution in [0.25, 0.3) is 10.9 Å². The van der Waals surface area contributed by atoms with Crippen molar-refractivity contribution in [1.29, 1.82) is 0 Å². The van der Waals surface area contributed by atoms with Crippen molar-refractivity contribution < 1.29 is 27.4 Å². The predicted octanol–water partition coefficient (Wildman–Crippen LogP) is 4.45. The first-order chi connectivity index (χ1) is 15.8. The summed E-state index contributed by atoms with van der Waals surface area (Å²) in [4.78, 5) is 16.3. The lowest BCUT2D eigenvalue weighted by atomic mass is 9.90. The summed E-state index contributed by atoms with van der Waals surface area (Å²) in [7, 11) is -1.01. The van der Waals surface area contributed by atoms with E-state index < -0.39 is 21.4 Å². The third-order valence-electron chi connectivity index (χ3n) is 6.02. The molecule has 1 atom stereocenters. The van der Waals surface area contributed by atoms with E-state index in [2.05, 4.69) is 4.98 Å². The lowest BCUT2D eigenvalue weighted by Crippen LogP contribution is -2.26. The molecule has 0 fully saturated rings. The van der Waals surface area contributed by atoms with Gasteiger partial charge in [-0.05, 0) is 43.3 Å². The van der Waals surface area contributed by atoms with Gasteiger partial charge in [0.2, 0.25) is 9.84 Å². The van der Waals surface area contributed by atoms with Crippen LogP contribution in [0.15, 0.2) is 76.5 Å². The van der Waals surface area contributed by atoms with Crippen LogP contribution in [0.5, 0.6) is 11.5 Å². The maximum absolute atomic E-state index is 13.9. The Labute approximate surface area is 190 Å². The number of benzene rings is 3. The second kappa shape index (κ2) is 7.38. The summed E-state index contributed by atoms with van der Waals surface area (Å²) in [5.41, 5.74) is 0.255. The number of methoxy groups -OCH3 is 2. The van der Waals surface area contributed by atoms with Crippen LogP contribution >= 0.6 is 0 Å². The third-order valence-corrected chi connectivity index (χ3v) is 7.87. The molecular formula is C25H21NO6S. The second-order valence-corrected chi connectivity index (χ2v) is 9.75. The van der Waals surface area contributed by atoms with E-state index in [1.165, 1.54) is 26.4 Å². The number of carbonyl (C=O) groups excluding carboxylic acids is 1. The molecule has 0 bridgehead atoms. The van der Waals surface area contributed by atoms with Crippen LogP contribution in [0.1, 0.15) is 28.5 Å². The molecule has 2 heterocycles. The van der Waals surface area contributed by atoms with Gasteiger partial charge in [-0.2, -0.15) is 0 Å². The molecule has 1 aliphatic heterocycles. The van der Waals surface area contributed by atoms with Crippen molar-refractivity contribution in [3.05, 3.63) is 83.6 Å². The number of esters is 1. The van der Waals surface area contributed by atoms with Crippen LogP contribution in [0, 0.1) is 0 Å². The first-order valence-electron chi connectivity index (χ1n) is 10.2. The largest absolute Gasteiger partial charge is 0.497 e. The number of hydrogen-bond acceptors (Lipinski definition) is 6. The number of cyclic esters (lactones) is 1. The van der Waals surface area contributed by atoms with Gasteiger partial charge in [-0.25, -0.2) is 13.2 Å². The van der Waals surface area contributed by atoms with Crippen LogP contribution in [0.2, 0.25) is 0 Å². The predicted molar refractivity (Wildman–Crippen MR) is 122 cm³/mol. The molecule has 1 aromatic heterocycles. The molecule has 3 aromatic carbocycles. The van der Waals surface area contributed by atoms with E-state index in [1.807, 2.05) is 0 Å². The van der Waals surface area contributed by atoms with Gasteiger partial charge in [0.15, 0.2) is 5.60 Å². The first kappa shape index (κ1) is 21.1. The molecule has 0 aliphatic carbocycles. The standard InChI is InChI=1S/C25H21NO6S/c1-25(18-10-7-11-20(31-3)21(18)24(27)32-25)23-22(33(28,29)16-8-5-4-6-9-16)17-14-15(30-2)12-13-19(17)26-23/h4-14,26H,1-3H3. The van der Waals surface area contributed by atoms with E-state index in [4.69, 9.17) is 14.2 Å². The number of nitrogens with one attached hydrogen (secondary N) is 1. The Hall–Kier alpha value is -3.78. The van der Waals surface area contributed by atoms with E-state index in [0.29, 0.717) is 28.0 Å². The maximum Gasteiger partial charge on any atom is 0.343 e. The average molecular weight is 464 g/mol. The molecule has 168 valence electrons. The highest BCUT2D eigenvalue weighted by Crippen LogP contribution is 2.48. The van der Waals surface area contributed by atoms with Crippen LogP contribution < -0.4 is 9.47 Å². The van der Waals surface area contributed by atoms with Crippen LogP contribution in [0.3, 0.4) is 0 Å². The van der Waals surface area contributed by atoms with Gasteiger partial charge < -0.3 is 19.2 Å². The fourth-order valence-corrected chi connectivity index (χ4v) is 6.12. The summed E-state index contributed by atoms with van der Waals surface area (Å²) in [6, 6.07) is 18.5. The molecule has 1 N–H and O–H groups in total. The molecule has 1 aliphatic rings. The molecule has 7 nitrogen and oxygen atoms in total. The van der Waals surface area contributed by atoms with Gasteiger partial charge >= 0.3 is 5.97 Å². The molecule has 0 saturated carbocycles. The normalized spacial score (nSPS) is 17.6. The number of fused-ring (bicyclic) bond motifs is 2. The average Bonchev–Trinajstić information content (AvgIpc) is 3.35. The number of aromatic amines is 1. The molecule has 0 spiro atoms. The number of sulfone groups is 1. The number of carbonyl (C=O) groups is 1. The maximum atomic E-state index is 13.9. The Morgan fingerprint density at radius 1 is 0.939 bits per heavy atom. The van der Waals surface area contributed by atoms with Crippen LogP contribution in [-0.4, -0.2) is 33.6 Å². The summed E-state index contributed by atoms with van der Waals surface area (Å²) >= 11 is 0. The number of hydrogen-bond donors (Lipinski definition) is 1. The van der Waals surface area contributed by atoms with E-state index in [1.54, 1.807) is 61.5 Å². The van der Waals surface area contributed by atoms with Gasteiger partial charge in [0.1, 0.15) is 22.0 Å². The van der Waals surface area contributed by atoms with Crippen molar-refractivity contribution in [3.63, 3.8) is 0 Å². The summed E-state index contributed by atoms with van der Waals surface area (Å²) in [6.07, 6.45) is 0. The van der Waals surface area contributed by atoms with Crippen molar-refractivity contribution in [2.75, 3.05) is 14.2 Å². The number of aromatic nitrogens is 1. The van der Waals surface area contributed by atoms with Gasteiger partial charge in [-0.15, -0.1) is 0 Å². The van der Waals surface area contributed by atoms with E-state index >= 15 is 0 Å². The number of H-pyrrole nitrogens is 1. The Bertz CT molecular complexity index is 1510. The molecule has 33 heavy (non-hydrogen) atoms. The molecule has 5 rings (SSSR count). The van der Waals surface area contributed by atoms with Gasteiger partial charge in [0.05, 0.1) is 24.8 Å². The third kappa shape index (κ3) is 3.01. The monoisotopic (exact) mass is 463 g/mol. The highest BCUT2D eigenvalue weighted by Gasteiger charge is 2.49. The molecular weight excluding hydrogens is 442 g/mol. The quantitative estimate of drug-likeness (QED) is 0.440. The molecule has 0 amide bonds. The number of rotatable bonds is 5. The fraction of sp³-hybridized carbons (Fsp3) is 0.160. The Kier molecular flexibility index (Phi) is 4.72. The SMILES string of the molecule is COc1ccc2[nH]c(C3(C)OC(=O)c4c(OC)cccc43)c(S(=O)(=O)c3ccccc3)c2c1. The van der Waals surface area contributed by atoms with Crippen LogP contribution in [0.4, 0.5) is 0 Å². The van der Waals surface area contributed by atoms with E-state index in [-0.39, 0.29) is 21.0 Å². The lowest BCUT2D eigenvalue weighted by molar-refractivity contribution is 0.0157. The molecule has 0 saturated heterocycles. The van der Waals surface area contributed by atoms with Crippen molar-refractivity contribution in [2.45, 2.75) is 22.3 Å². The zero-order valence-corrected chi connectivity index (χ0v) is 19.0. The van der Waals surface area contributed by atoms with Gasteiger partial charge in [0, 0.05) is 16.5 Å². The highest BCUT2D eigenvalue weighted by atomic mass is 32.2. The van der Waals surface area contributed by atoms with Gasteiger partial charge in [-0.3, -0.25) is 0 Å². The van der Waals surface area contributed by atoms with Gasteiger partial charge in [-0.1, -0.05) is 30.3 Å². The summed E-state index contributed by atoms with van der Waals surface area (Å²) in [5.74, 6) is 0.295. The topological polar surface area (TPSA) is 94.7 Å². The summed E-state index contributed by atoms with van der Waals surface area (Å²) in [6.45, 7) is 1.68. The molecule has 4 aromatic rings. The smallest absolute Gasteiger partial charge is 0.343 e.